The molecule has 0 saturated heterocycles. The van der Waals surface area contributed by atoms with E-state index in [9.17, 15) is 4.79 Å². The van der Waals surface area contributed by atoms with Gasteiger partial charge in [-0.2, -0.15) is 0 Å². The van der Waals surface area contributed by atoms with Crippen LogP contribution in [0.2, 0.25) is 0 Å². The Labute approximate surface area is 68.3 Å². The van der Waals surface area contributed by atoms with Crippen LogP contribution < -0.4 is 11.1 Å². The molecule has 0 saturated carbocycles. The predicted molar refractivity (Wildman–Crippen MR) is 45.8 cm³/mol. The largest absolute Gasteiger partial charge is 0.355 e. The molecule has 1 radical (unpaired) electrons. The molecule has 11 heavy (non-hydrogen) atoms. The molecule has 3 N–H and O–H groups in total. The minimum absolute atomic E-state index is 0.102. The second-order valence-corrected chi connectivity index (χ2v) is 2.70. The minimum Gasteiger partial charge on any atom is -0.355 e. The number of carbonyl (C=O) groups is 1. The van der Waals surface area contributed by atoms with E-state index in [1.165, 1.54) is 0 Å². The normalized spacial score (nSPS) is 15.6. The second-order valence-electron chi connectivity index (χ2n) is 2.70. The second kappa shape index (κ2) is 5.13. The third kappa shape index (κ3) is 3.37. The molecule has 1 amide bonds. The van der Waals surface area contributed by atoms with Gasteiger partial charge in [-0.05, 0) is 12.8 Å². The Morgan fingerprint density at radius 2 is 2.27 bits per heavy atom. The van der Waals surface area contributed by atoms with Crippen LogP contribution in [-0.4, -0.2) is 18.5 Å². The minimum atomic E-state index is -0.387. The van der Waals surface area contributed by atoms with Gasteiger partial charge in [0.2, 0.25) is 5.91 Å². The average Bonchev–Trinajstić information content (AvgIpc) is 2.02. The lowest BCUT2D eigenvalue weighted by Gasteiger charge is -2.16. The first kappa shape index (κ1) is 10.4. The zero-order valence-electron chi connectivity index (χ0n) is 7.26. The highest BCUT2D eigenvalue weighted by molar-refractivity contribution is 5.81. The zero-order chi connectivity index (χ0) is 8.85. The molecule has 2 unspecified atom stereocenters. The number of hydrogen-bond acceptors (Lipinski definition) is 2. The molecule has 0 spiro atoms. The molecule has 3 heteroatoms. The first-order valence-corrected chi connectivity index (χ1v) is 3.96. The van der Waals surface area contributed by atoms with Gasteiger partial charge in [0.25, 0.3) is 0 Å². The summed E-state index contributed by atoms with van der Waals surface area (Å²) in [5.41, 5.74) is 5.62. The van der Waals surface area contributed by atoms with Gasteiger partial charge in [-0.1, -0.05) is 20.3 Å². The summed E-state index contributed by atoms with van der Waals surface area (Å²) < 4.78 is 0. The maximum Gasteiger partial charge on any atom is 0.237 e. The van der Waals surface area contributed by atoms with Crippen molar-refractivity contribution in [1.82, 2.24) is 5.32 Å². The van der Waals surface area contributed by atoms with E-state index in [0.717, 1.165) is 6.42 Å². The number of nitrogens with two attached hydrogens (primary N) is 1. The molecular formula is C8H17N2O. The van der Waals surface area contributed by atoms with Crippen LogP contribution in [0.3, 0.4) is 0 Å². The van der Waals surface area contributed by atoms with Gasteiger partial charge >= 0.3 is 0 Å². The summed E-state index contributed by atoms with van der Waals surface area (Å²) in [4.78, 5) is 11.1. The lowest BCUT2D eigenvalue weighted by atomic mass is 9.99. The highest BCUT2D eigenvalue weighted by atomic mass is 16.2. The van der Waals surface area contributed by atoms with Gasteiger partial charge in [0.15, 0.2) is 0 Å². The number of nitrogens with one attached hydrogen (secondary N) is 1. The highest BCUT2D eigenvalue weighted by Crippen LogP contribution is 2.04. The third-order valence-electron chi connectivity index (χ3n) is 1.86. The highest BCUT2D eigenvalue weighted by Gasteiger charge is 2.17. The summed E-state index contributed by atoms with van der Waals surface area (Å²) in [7, 11) is 0. The molecule has 3 nitrogen and oxygen atoms in total. The Kier molecular flexibility index (Phi) is 4.86. The van der Waals surface area contributed by atoms with Gasteiger partial charge in [0.1, 0.15) is 0 Å². The SMILES string of the molecule is [CH2]CNC(=O)C(N)C(C)CC. The van der Waals surface area contributed by atoms with Crippen molar-refractivity contribution in [3.8, 4) is 0 Å². The van der Waals surface area contributed by atoms with Crippen LogP contribution in [0, 0.1) is 12.8 Å². The van der Waals surface area contributed by atoms with Crippen molar-refractivity contribution in [2.24, 2.45) is 11.7 Å². The standard InChI is InChI=1S/C8H17N2O/c1-4-6(3)7(9)8(11)10-5-2/h6-7H,2,4-5,9H2,1,3H3,(H,10,11). The summed E-state index contributed by atoms with van der Waals surface area (Å²) in [6, 6.07) is -0.387. The van der Waals surface area contributed by atoms with E-state index in [1.807, 2.05) is 13.8 Å². The maximum atomic E-state index is 11.1. The molecule has 0 fully saturated rings. The Bertz CT molecular complexity index is 125. The van der Waals surface area contributed by atoms with Gasteiger partial charge in [-0.3, -0.25) is 4.79 Å². The lowest BCUT2D eigenvalue weighted by Crippen LogP contribution is -2.44. The van der Waals surface area contributed by atoms with Gasteiger partial charge in [-0.25, -0.2) is 0 Å². The van der Waals surface area contributed by atoms with Crippen molar-refractivity contribution >= 4 is 5.91 Å². The molecule has 0 rings (SSSR count). The summed E-state index contributed by atoms with van der Waals surface area (Å²) in [5, 5.41) is 2.59. The van der Waals surface area contributed by atoms with Crippen LogP contribution in [0.1, 0.15) is 20.3 Å². The first-order valence-electron chi connectivity index (χ1n) is 3.96. The van der Waals surface area contributed by atoms with E-state index >= 15 is 0 Å². The molecular weight excluding hydrogens is 140 g/mol. The summed E-state index contributed by atoms with van der Waals surface area (Å²) >= 11 is 0. The molecule has 2 atom stereocenters. The van der Waals surface area contributed by atoms with Crippen molar-refractivity contribution in [1.29, 1.82) is 0 Å². The molecule has 0 aliphatic carbocycles. The smallest absolute Gasteiger partial charge is 0.237 e. The fraction of sp³-hybridized carbons (Fsp3) is 0.750. The monoisotopic (exact) mass is 157 g/mol. The molecule has 0 bridgehead atoms. The molecule has 0 aliphatic rings. The van der Waals surface area contributed by atoms with Crippen LogP contribution in [0.4, 0.5) is 0 Å². The fourth-order valence-electron chi connectivity index (χ4n) is 0.753. The van der Waals surface area contributed by atoms with Crippen molar-refractivity contribution in [3.05, 3.63) is 6.92 Å². The topological polar surface area (TPSA) is 55.1 Å². The van der Waals surface area contributed by atoms with Crippen molar-refractivity contribution in [3.63, 3.8) is 0 Å². The number of hydrogen-bond donors (Lipinski definition) is 2. The van der Waals surface area contributed by atoms with E-state index < -0.39 is 0 Å². The van der Waals surface area contributed by atoms with Crippen LogP contribution in [-0.2, 0) is 4.79 Å². The Hall–Kier alpha value is -0.570. The van der Waals surface area contributed by atoms with E-state index in [4.69, 9.17) is 5.73 Å². The Balaban J connectivity index is 3.80. The maximum absolute atomic E-state index is 11.1. The van der Waals surface area contributed by atoms with Crippen LogP contribution >= 0.6 is 0 Å². The Morgan fingerprint density at radius 1 is 1.73 bits per heavy atom. The molecule has 0 aromatic rings. The van der Waals surface area contributed by atoms with E-state index in [-0.39, 0.29) is 17.9 Å². The van der Waals surface area contributed by atoms with Gasteiger partial charge in [0.05, 0.1) is 6.04 Å². The quantitative estimate of drug-likeness (QED) is 0.617. The first-order chi connectivity index (χ1) is 5.13. The average molecular weight is 157 g/mol. The van der Waals surface area contributed by atoms with E-state index in [0.29, 0.717) is 6.54 Å². The van der Waals surface area contributed by atoms with Crippen molar-refractivity contribution in [2.75, 3.05) is 6.54 Å². The zero-order valence-corrected chi connectivity index (χ0v) is 7.26. The third-order valence-corrected chi connectivity index (χ3v) is 1.86. The van der Waals surface area contributed by atoms with Crippen LogP contribution in [0.25, 0.3) is 0 Å². The van der Waals surface area contributed by atoms with Crippen molar-refractivity contribution in [2.45, 2.75) is 26.3 Å². The lowest BCUT2D eigenvalue weighted by molar-refractivity contribution is -0.123. The van der Waals surface area contributed by atoms with Gasteiger partial charge in [-0.15, -0.1) is 0 Å². The molecule has 0 aromatic carbocycles. The summed E-state index contributed by atoms with van der Waals surface area (Å²) in [6.07, 6.45) is 0.922. The van der Waals surface area contributed by atoms with Crippen molar-refractivity contribution < 1.29 is 4.79 Å². The molecule has 65 valence electrons. The van der Waals surface area contributed by atoms with Gasteiger partial charge < -0.3 is 11.1 Å². The number of amides is 1. The number of rotatable bonds is 4. The predicted octanol–water partition coefficient (Wildman–Crippen LogP) is 0.310. The summed E-state index contributed by atoms with van der Waals surface area (Å²) in [5.74, 6) is 0.135. The molecule has 0 aliphatic heterocycles. The van der Waals surface area contributed by atoms with Gasteiger partial charge in [0, 0.05) is 6.54 Å². The van der Waals surface area contributed by atoms with E-state index in [1.54, 1.807) is 0 Å². The van der Waals surface area contributed by atoms with Crippen LogP contribution in [0.5, 0.6) is 0 Å². The summed E-state index contributed by atoms with van der Waals surface area (Å²) in [6.45, 7) is 7.89. The fourth-order valence-corrected chi connectivity index (χ4v) is 0.753. The molecule has 0 aromatic heterocycles. The Morgan fingerprint density at radius 3 is 2.64 bits per heavy atom. The number of carbonyl (C=O) groups excluding carboxylic acids is 1. The van der Waals surface area contributed by atoms with E-state index in [2.05, 4.69) is 12.2 Å². The van der Waals surface area contributed by atoms with Crippen LogP contribution in [0.15, 0.2) is 0 Å². The molecule has 0 heterocycles.